The van der Waals surface area contributed by atoms with Gasteiger partial charge in [-0.15, -0.1) is 0 Å². The van der Waals surface area contributed by atoms with Crippen molar-refractivity contribution in [3.8, 4) is 0 Å². The lowest BCUT2D eigenvalue weighted by Crippen LogP contribution is -2.45. The average molecular weight is 243 g/mol. The molecule has 0 radical (unpaired) electrons. The molecular weight excluding hydrogens is 222 g/mol. The molecule has 3 unspecified atom stereocenters. The van der Waals surface area contributed by atoms with E-state index in [1.54, 1.807) is 7.11 Å². The van der Waals surface area contributed by atoms with Gasteiger partial charge in [0.15, 0.2) is 6.10 Å². The van der Waals surface area contributed by atoms with E-state index in [9.17, 15) is 4.79 Å². The molecule has 3 atom stereocenters. The van der Waals surface area contributed by atoms with Gasteiger partial charge in [-0.05, 0) is 19.3 Å². The fourth-order valence-corrected chi connectivity index (χ4v) is 2.38. The average Bonchev–Trinajstić information content (AvgIpc) is 2.40. The molecule has 0 aromatic carbocycles. The predicted octanol–water partition coefficient (Wildman–Crippen LogP) is 0.476. The molecule has 2 rings (SSSR count). The number of carbonyl (C=O) groups excluding carboxylic acids is 1. The van der Waals surface area contributed by atoms with E-state index in [2.05, 4.69) is 5.32 Å². The molecule has 0 amide bonds. The van der Waals surface area contributed by atoms with Crippen LogP contribution in [0.3, 0.4) is 0 Å². The second kappa shape index (κ2) is 6.33. The van der Waals surface area contributed by atoms with E-state index in [0.29, 0.717) is 13.2 Å². The van der Waals surface area contributed by atoms with Crippen molar-refractivity contribution in [3.05, 3.63) is 0 Å². The largest absolute Gasteiger partial charge is 0.460 e. The molecule has 0 spiro atoms. The molecule has 0 aromatic heterocycles. The maximum absolute atomic E-state index is 11.8. The van der Waals surface area contributed by atoms with E-state index >= 15 is 0 Å². The first-order chi connectivity index (χ1) is 8.29. The number of ether oxygens (including phenoxy) is 3. The smallest absolute Gasteiger partial charge is 0.336 e. The molecule has 1 heterocycles. The van der Waals surface area contributed by atoms with Crippen molar-refractivity contribution in [2.24, 2.45) is 0 Å². The minimum absolute atomic E-state index is 0.00766. The lowest BCUT2D eigenvalue weighted by atomic mass is 9.95. The molecule has 1 aliphatic heterocycles. The number of hydrogen-bond donors (Lipinski definition) is 1. The summed E-state index contributed by atoms with van der Waals surface area (Å²) in [6.45, 7) is 1.93. The van der Waals surface area contributed by atoms with Gasteiger partial charge in [0.1, 0.15) is 6.10 Å². The van der Waals surface area contributed by atoms with Crippen LogP contribution in [-0.4, -0.2) is 51.1 Å². The monoisotopic (exact) mass is 243 g/mol. The normalized spacial score (nSPS) is 34.3. The summed E-state index contributed by atoms with van der Waals surface area (Å²) >= 11 is 0. The lowest BCUT2D eigenvalue weighted by Gasteiger charge is -2.30. The Morgan fingerprint density at radius 3 is 2.88 bits per heavy atom. The van der Waals surface area contributed by atoms with Gasteiger partial charge < -0.3 is 19.5 Å². The van der Waals surface area contributed by atoms with E-state index in [1.165, 1.54) is 0 Å². The van der Waals surface area contributed by atoms with Gasteiger partial charge >= 0.3 is 5.97 Å². The fraction of sp³-hybridized carbons (Fsp3) is 0.917. The predicted molar refractivity (Wildman–Crippen MR) is 61.8 cm³/mol. The van der Waals surface area contributed by atoms with Crippen LogP contribution in [0.25, 0.3) is 0 Å². The number of esters is 1. The van der Waals surface area contributed by atoms with E-state index < -0.39 is 6.10 Å². The zero-order valence-electron chi connectivity index (χ0n) is 10.3. The maximum atomic E-state index is 11.8. The molecule has 1 saturated heterocycles. The summed E-state index contributed by atoms with van der Waals surface area (Å²) in [6, 6.07) is 0. The maximum Gasteiger partial charge on any atom is 0.336 e. The molecule has 0 aromatic rings. The van der Waals surface area contributed by atoms with Gasteiger partial charge in [-0.25, -0.2) is 4.79 Å². The Morgan fingerprint density at radius 1 is 1.35 bits per heavy atom. The van der Waals surface area contributed by atoms with Gasteiger partial charge in [0, 0.05) is 26.6 Å². The van der Waals surface area contributed by atoms with E-state index in [4.69, 9.17) is 14.2 Å². The van der Waals surface area contributed by atoms with Crippen LogP contribution in [0.1, 0.15) is 25.7 Å². The highest BCUT2D eigenvalue weighted by Gasteiger charge is 2.29. The van der Waals surface area contributed by atoms with Crippen molar-refractivity contribution < 1.29 is 19.0 Å². The van der Waals surface area contributed by atoms with Crippen molar-refractivity contribution in [2.45, 2.75) is 44.0 Å². The number of carbonyl (C=O) groups is 1. The van der Waals surface area contributed by atoms with Gasteiger partial charge in [0.25, 0.3) is 0 Å². The Balaban J connectivity index is 1.77. The van der Waals surface area contributed by atoms with Crippen LogP contribution in [-0.2, 0) is 19.0 Å². The van der Waals surface area contributed by atoms with Crippen molar-refractivity contribution in [1.82, 2.24) is 5.32 Å². The second-order valence-electron chi connectivity index (χ2n) is 4.65. The van der Waals surface area contributed by atoms with E-state index in [1.807, 2.05) is 0 Å². The third kappa shape index (κ3) is 3.66. The van der Waals surface area contributed by atoms with Crippen molar-refractivity contribution in [2.75, 3.05) is 26.8 Å². The van der Waals surface area contributed by atoms with Crippen molar-refractivity contribution in [1.29, 1.82) is 0 Å². The number of hydrogen-bond acceptors (Lipinski definition) is 5. The van der Waals surface area contributed by atoms with E-state index in [-0.39, 0.29) is 18.2 Å². The highest BCUT2D eigenvalue weighted by molar-refractivity contribution is 5.75. The first-order valence-electron chi connectivity index (χ1n) is 6.35. The molecule has 1 saturated carbocycles. The Kier molecular flexibility index (Phi) is 4.76. The zero-order valence-corrected chi connectivity index (χ0v) is 10.3. The Labute approximate surface area is 102 Å². The number of methoxy groups -OCH3 is 1. The first-order valence-corrected chi connectivity index (χ1v) is 6.35. The van der Waals surface area contributed by atoms with Crippen LogP contribution in [0, 0.1) is 0 Å². The number of nitrogens with one attached hydrogen (secondary N) is 1. The van der Waals surface area contributed by atoms with Crippen LogP contribution in [0.5, 0.6) is 0 Å². The molecular formula is C12H21NO4. The Bertz CT molecular complexity index is 253. The van der Waals surface area contributed by atoms with Crippen LogP contribution >= 0.6 is 0 Å². The number of morpholine rings is 1. The van der Waals surface area contributed by atoms with Gasteiger partial charge in [0.05, 0.1) is 12.7 Å². The van der Waals surface area contributed by atoms with Gasteiger partial charge in [0.2, 0.25) is 0 Å². The molecule has 1 N–H and O–H groups in total. The minimum Gasteiger partial charge on any atom is -0.460 e. The highest BCUT2D eigenvalue weighted by atomic mass is 16.6. The van der Waals surface area contributed by atoms with Gasteiger partial charge in [-0.2, -0.15) is 0 Å². The molecule has 1 aliphatic carbocycles. The highest BCUT2D eigenvalue weighted by Crippen LogP contribution is 2.23. The Morgan fingerprint density at radius 2 is 2.18 bits per heavy atom. The second-order valence-corrected chi connectivity index (χ2v) is 4.65. The van der Waals surface area contributed by atoms with Crippen LogP contribution in [0.2, 0.25) is 0 Å². The summed E-state index contributed by atoms with van der Waals surface area (Å²) in [4.78, 5) is 11.8. The zero-order chi connectivity index (χ0) is 12.1. The SMILES string of the molecule is COC1CCCC(OC(=O)C2CNCCO2)C1. The minimum atomic E-state index is -0.438. The molecule has 98 valence electrons. The molecule has 0 bridgehead atoms. The summed E-state index contributed by atoms with van der Waals surface area (Å²) in [5.74, 6) is -0.237. The topological polar surface area (TPSA) is 56.8 Å². The summed E-state index contributed by atoms with van der Waals surface area (Å²) in [7, 11) is 1.71. The third-order valence-electron chi connectivity index (χ3n) is 3.38. The molecule has 2 aliphatic rings. The van der Waals surface area contributed by atoms with E-state index in [0.717, 1.165) is 32.2 Å². The molecule has 17 heavy (non-hydrogen) atoms. The van der Waals surface area contributed by atoms with Crippen molar-refractivity contribution >= 4 is 5.97 Å². The van der Waals surface area contributed by atoms with Gasteiger partial charge in [-0.1, -0.05) is 0 Å². The summed E-state index contributed by atoms with van der Waals surface area (Å²) in [6.07, 6.45) is 3.64. The fourth-order valence-electron chi connectivity index (χ4n) is 2.38. The molecule has 5 nitrogen and oxygen atoms in total. The summed E-state index contributed by atoms with van der Waals surface area (Å²) in [5, 5.41) is 3.12. The summed E-state index contributed by atoms with van der Waals surface area (Å²) < 4.78 is 16.2. The Hall–Kier alpha value is -0.650. The molecule has 5 heteroatoms. The number of rotatable bonds is 3. The summed E-state index contributed by atoms with van der Waals surface area (Å²) in [5.41, 5.74) is 0. The first kappa shape index (κ1) is 12.8. The van der Waals surface area contributed by atoms with Crippen LogP contribution in [0.15, 0.2) is 0 Å². The van der Waals surface area contributed by atoms with Crippen LogP contribution in [0.4, 0.5) is 0 Å². The van der Waals surface area contributed by atoms with Crippen molar-refractivity contribution in [3.63, 3.8) is 0 Å². The van der Waals surface area contributed by atoms with Crippen LogP contribution < -0.4 is 5.32 Å². The third-order valence-corrected chi connectivity index (χ3v) is 3.38. The van der Waals surface area contributed by atoms with Gasteiger partial charge in [-0.3, -0.25) is 0 Å². The standard InChI is InChI=1S/C12H21NO4/c1-15-9-3-2-4-10(7-9)17-12(14)11-8-13-5-6-16-11/h9-11,13H,2-8H2,1H3. The molecule has 2 fully saturated rings. The quantitative estimate of drug-likeness (QED) is 0.730. The lowest BCUT2D eigenvalue weighted by molar-refractivity contribution is -0.167.